The maximum Gasteiger partial charge on any atom is 0.263 e. The molecule has 2 N–H and O–H groups in total. The molecule has 0 radical (unpaired) electrons. The van der Waals surface area contributed by atoms with Crippen LogP contribution in [0.1, 0.15) is 26.5 Å². The minimum atomic E-state index is -3.32. The van der Waals surface area contributed by atoms with Crippen LogP contribution in [-0.2, 0) is 22.3 Å². The fourth-order valence-corrected chi connectivity index (χ4v) is 4.39. The average Bonchev–Trinajstić information content (AvgIpc) is 3.09. The van der Waals surface area contributed by atoms with Crippen molar-refractivity contribution in [2.24, 2.45) is 0 Å². The Hall–Kier alpha value is -2.62. The third-order valence-electron chi connectivity index (χ3n) is 4.24. The lowest BCUT2D eigenvalue weighted by Crippen LogP contribution is -2.22. The molecule has 29 heavy (non-hydrogen) atoms. The second-order valence-electron chi connectivity index (χ2n) is 6.40. The molecule has 0 fully saturated rings. The summed E-state index contributed by atoms with van der Waals surface area (Å²) < 4.78 is 38.5. The second kappa shape index (κ2) is 8.81. The summed E-state index contributed by atoms with van der Waals surface area (Å²) in [6, 6.07) is 13.0. The number of aryl methyl sites for hydroxylation is 1. The van der Waals surface area contributed by atoms with Gasteiger partial charge in [-0.25, -0.2) is 22.5 Å². The molecule has 6 nitrogen and oxygen atoms in total. The highest BCUT2D eigenvalue weighted by molar-refractivity contribution is 7.88. The van der Waals surface area contributed by atoms with Crippen molar-refractivity contribution in [1.82, 2.24) is 15.0 Å². The van der Waals surface area contributed by atoms with E-state index in [0.29, 0.717) is 27.7 Å². The van der Waals surface area contributed by atoms with Crippen LogP contribution in [-0.4, -0.2) is 26.4 Å². The lowest BCUT2D eigenvalue weighted by Gasteiger charge is -2.06. The highest BCUT2D eigenvalue weighted by atomic mass is 32.2. The van der Waals surface area contributed by atoms with E-state index in [-0.39, 0.29) is 17.5 Å². The van der Waals surface area contributed by atoms with Gasteiger partial charge in [-0.1, -0.05) is 24.3 Å². The van der Waals surface area contributed by atoms with Gasteiger partial charge in [0.25, 0.3) is 5.91 Å². The fourth-order valence-electron chi connectivity index (χ4n) is 2.63. The Labute approximate surface area is 172 Å². The van der Waals surface area contributed by atoms with Crippen LogP contribution < -0.4 is 10.0 Å². The van der Waals surface area contributed by atoms with Gasteiger partial charge in [-0.15, -0.1) is 11.3 Å². The van der Waals surface area contributed by atoms with Gasteiger partial charge in [-0.05, 0) is 49.4 Å². The molecule has 1 amide bonds. The van der Waals surface area contributed by atoms with Crippen molar-refractivity contribution in [3.05, 3.63) is 76.0 Å². The van der Waals surface area contributed by atoms with E-state index in [1.165, 1.54) is 30.5 Å². The number of hydrogen-bond acceptors (Lipinski definition) is 5. The van der Waals surface area contributed by atoms with Crippen LogP contribution in [0.25, 0.3) is 10.6 Å². The molecule has 1 aromatic heterocycles. The van der Waals surface area contributed by atoms with Gasteiger partial charge >= 0.3 is 0 Å². The molecular weight excluding hydrogens is 413 g/mol. The molecule has 0 saturated carbocycles. The first-order valence-corrected chi connectivity index (χ1v) is 11.2. The van der Waals surface area contributed by atoms with Gasteiger partial charge in [0, 0.05) is 12.1 Å². The molecule has 152 valence electrons. The Kier molecular flexibility index (Phi) is 6.41. The van der Waals surface area contributed by atoms with E-state index in [4.69, 9.17) is 0 Å². The zero-order valence-electron chi connectivity index (χ0n) is 15.9. The number of rotatable bonds is 7. The maximum atomic E-state index is 13.1. The highest BCUT2D eigenvalue weighted by Gasteiger charge is 2.16. The predicted octanol–water partition coefficient (Wildman–Crippen LogP) is 3.24. The molecule has 2 aromatic carbocycles. The van der Waals surface area contributed by atoms with E-state index in [2.05, 4.69) is 15.0 Å². The van der Waals surface area contributed by atoms with E-state index in [1.54, 1.807) is 43.3 Å². The van der Waals surface area contributed by atoms with Gasteiger partial charge in [0.1, 0.15) is 15.7 Å². The quantitative estimate of drug-likeness (QED) is 0.599. The van der Waals surface area contributed by atoms with Gasteiger partial charge in [-0.3, -0.25) is 4.79 Å². The number of thiazole rings is 1. The van der Waals surface area contributed by atoms with E-state index < -0.39 is 10.0 Å². The zero-order chi connectivity index (χ0) is 21.0. The molecule has 0 bridgehead atoms. The third kappa shape index (κ3) is 5.47. The van der Waals surface area contributed by atoms with E-state index in [1.807, 2.05) is 0 Å². The number of carbonyl (C=O) groups is 1. The number of amides is 1. The van der Waals surface area contributed by atoms with Crippen LogP contribution in [0.2, 0.25) is 0 Å². The first-order valence-electron chi connectivity index (χ1n) is 8.78. The summed E-state index contributed by atoms with van der Waals surface area (Å²) in [4.78, 5) is 17.5. The lowest BCUT2D eigenvalue weighted by molar-refractivity contribution is 0.0954. The number of benzene rings is 2. The highest BCUT2D eigenvalue weighted by Crippen LogP contribution is 2.28. The first kappa shape index (κ1) is 21.1. The number of carbonyl (C=O) groups excluding carboxylic acids is 1. The monoisotopic (exact) mass is 433 g/mol. The van der Waals surface area contributed by atoms with Crippen molar-refractivity contribution < 1.29 is 17.6 Å². The number of aromatic nitrogens is 1. The summed E-state index contributed by atoms with van der Waals surface area (Å²) in [6.45, 7) is 2.07. The summed E-state index contributed by atoms with van der Waals surface area (Å²) >= 11 is 1.25. The Bertz CT molecular complexity index is 1110. The van der Waals surface area contributed by atoms with Crippen molar-refractivity contribution in [2.75, 3.05) is 7.05 Å². The predicted molar refractivity (Wildman–Crippen MR) is 112 cm³/mol. The number of nitrogens with one attached hydrogen (secondary N) is 2. The Morgan fingerprint density at radius 2 is 1.69 bits per heavy atom. The zero-order valence-corrected chi connectivity index (χ0v) is 17.5. The summed E-state index contributed by atoms with van der Waals surface area (Å²) in [6.07, 6.45) is 0. The number of nitrogens with zero attached hydrogens (tertiary/aromatic N) is 1. The fraction of sp³-hybridized carbons (Fsp3) is 0.200. The number of halogens is 1. The maximum absolute atomic E-state index is 13.1. The van der Waals surface area contributed by atoms with Gasteiger partial charge < -0.3 is 5.32 Å². The number of sulfonamides is 1. The molecule has 0 atom stereocenters. The molecule has 0 unspecified atom stereocenters. The standard InChI is InChI=1S/C20H20FN3O3S2/c1-13-18(28-20(24-13)16-7-9-17(21)10-8-16)19(25)23-11-14-3-5-15(6-4-14)12-29(26,27)22-2/h3-10,22H,11-12H2,1-2H3,(H,23,25). The van der Waals surface area contributed by atoms with Crippen molar-refractivity contribution in [1.29, 1.82) is 0 Å². The molecule has 0 aliphatic carbocycles. The van der Waals surface area contributed by atoms with Gasteiger partial charge in [0.15, 0.2) is 0 Å². The molecule has 0 saturated heterocycles. The van der Waals surface area contributed by atoms with Crippen LogP contribution in [0.5, 0.6) is 0 Å². The molecule has 0 aliphatic rings. The molecule has 9 heteroatoms. The first-order chi connectivity index (χ1) is 13.8. The summed E-state index contributed by atoms with van der Waals surface area (Å²) in [7, 11) is -1.94. The van der Waals surface area contributed by atoms with Crippen molar-refractivity contribution in [2.45, 2.75) is 19.2 Å². The largest absolute Gasteiger partial charge is 0.347 e. The van der Waals surface area contributed by atoms with Gasteiger partial charge in [-0.2, -0.15) is 0 Å². The normalized spacial score (nSPS) is 11.4. The van der Waals surface area contributed by atoms with E-state index in [9.17, 15) is 17.6 Å². The van der Waals surface area contributed by atoms with Gasteiger partial charge in [0.2, 0.25) is 10.0 Å². The van der Waals surface area contributed by atoms with Crippen molar-refractivity contribution in [3.63, 3.8) is 0 Å². The topological polar surface area (TPSA) is 88.2 Å². The Balaban J connectivity index is 1.64. The van der Waals surface area contributed by atoms with Crippen molar-refractivity contribution in [3.8, 4) is 10.6 Å². The molecule has 3 aromatic rings. The van der Waals surface area contributed by atoms with Crippen LogP contribution in [0.15, 0.2) is 48.5 Å². The molecule has 0 aliphatic heterocycles. The van der Waals surface area contributed by atoms with Gasteiger partial charge in [0.05, 0.1) is 11.4 Å². The molecular formula is C20H20FN3O3S2. The van der Waals surface area contributed by atoms with E-state index >= 15 is 0 Å². The van der Waals surface area contributed by atoms with Crippen LogP contribution >= 0.6 is 11.3 Å². The summed E-state index contributed by atoms with van der Waals surface area (Å²) in [5, 5.41) is 3.51. The molecule has 1 heterocycles. The SMILES string of the molecule is CNS(=O)(=O)Cc1ccc(CNC(=O)c2sc(-c3ccc(F)cc3)nc2C)cc1. The molecule has 0 spiro atoms. The molecule has 3 rings (SSSR count). The minimum Gasteiger partial charge on any atom is -0.347 e. The van der Waals surface area contributed by atoms with Crippen LogP contribution in [0.3, 0.4) is 0 Å². The second-order valence-corrected chi connectivity index (χ2v) is 9.33. The van der Waals surface area contributed by atoms with Crippen LogP contribution in [0.4, 0.5) is 4.39 Å². The Morgan fingerprint density at radius 3 is 2.31 bits per heavy atom. The van der Waals surface area contributed by atoms with Crippen molar-refractivity contribution >= 4 is 27.3 Å². The lowest BCUT2D eigenvalue weighted by atomic mass is 10.1. The van der Waals surface area contributed by atoms with Crippen LogP contribution in [0, 0.1) is 12.7 Å². The minimum absolute atomic E-state index is 0.0949. The average molecular weight is 434 g/mol. The summed E-state index contributed by atoms with van der Waals surface area (Å²) in [5.74, 6) is -0.660. The Morgan fingerprint density at radius 1 is 1.07 bits per heavy atom. The summed E-state index contributed by atoms with van der Waals surface area (Å²) in [5.41, 5.74) is 2.88. The number of hydrogen-bond donors (Lipinski definition) is 2. The smallest absolute Gasteiger partial charge is 0.263 e. The van der Waals surface area contributed by atoms with E-state index in [0.717, 1.165) is 11.1 Å². The third-order valence-corrected chi connectivity index (χ3v) is 6.78.